The third kappa shape index (κ3) is 4.29. The molecule has 0 saturated carbocycles. The van der Waals surface area contributed by atoms with E-state index >= 15 is 0 Å². The Bertz CT molecular complexity index is 671. The largest absolute Gasteiger partial charge is 0.497 e. The molecule has 138 valence electrons. The number of hydrogen-bond acceptors (Lipinski definition) is 4. The molecule has 4 nitrogen and oxygen atoms in total. The van der Waals surface area contributed by atoms with E-state index in [4.69, 9.17) is 9.15 Å². The predicted octanol–water partition coefficient (Wildman–Crippen LogP) is 3.72. The van der Waals surface area contributed by atoms with Crippen molar-refractivity contribution in [3.8, 4) is 5.75 Å². The van der Waals surface area contributed by atoms with Crippen LogP contribution in [-0.2, 0) is 6.18 Å². The van der Waals surface area contributed by atoms with Crippen LogP contribution in [0, 0.1) is 0 Å². The number of halogens is 4. The number of rotatable bonds is 4. The van der Waals surface area contributed by atoms with Gasteiger partial charge in [-0.2, -0.15) is 13.2 Å². The summed E-state index contributed by atoms with van der Waals surface area (Å²) in [5.41, 5.74) is -0.512. The van der Waals surface area contributed by atoms with Crippen LogP contribution in [0.1, 0.15) is 22.9 Å². The van der Waals surface area contributed by atoms with Crippen molar-refractivity contribution in [1.82, 2.24) is 10.2 Å². The van der Waals surface area contributed by atoms with Crippen molar-refractivity contribution >= 4 is 12.4 Å². The number of methoxy groups -OCH3 is 1. The minimum Gasteiger partial charge on any atom is -0.497 e. The molecule has 3 rings (SSSR count). The summed E-state index contributed by atoms with van der Waals surface area (Å²) >= 11 is 0. The highest BCUT2D eigenvalue weighted by Crippen LogP contribution is 2.40. The molecule has 0 unspecified atom stereocenters. The monoisotopic (exact) mass is 376 g/mol. The van der Waals surface area contributed by atoms with E-state index in [-0.39, 0.29) is 23.7 Å². The minimum atomic E-state index is -4.47. The van der Waals surface area contributed by atoms with E-state index in [1.165, 1.54) is 19.4 Å². The van der Waals surface area contributed by atoms with Crippen molar-refractivity contribution in [3.05, 3.63) is 53.5 Å². The first-order chi connectivity index (χ1) is 11.5. The van der Waals surface area contributed by atoms with Gasteiger partial charge in [0, 0.05) is 26.2 Å². The van der Waals surface area contributed by atoms with E-state index in [9.17, 15) is 13.2 Å². The first-order valence-electron chi connectivity index (χ1n) is 7.74. The third-order valence-corrected chi connectivity index (χ3v) is 4.19. The molecule has 1 saturated heterocycles. The maximum atomic E-state index is 13.6. The van der Waals surface area contributed by atoms with Gasteiger partial charge in [-0.05, 0) is 29.8 Å². The van der Waals surface area contributed by atoms with Crippen molar-refractivity contribution in [1.29, 1.82) is 0 Å². The molecule has 1 aromatic carbocycles. The van der Waals surface area contributed by atoms with Gasteiger partial charge in [0.1, 0.15) is 11.5 Å². The summed E-state index contributed by atoms with van der Waals surface area (Å²) in [6.07, 6.45) is -2.98. The van der Waals surface area contributed by atoms with Gasteiger partial charge in [0.15, 0.2) is 0 Å². The molecule has 1 aliphatic heterocycles. The molecule has 0 bridgehead atoms. The maximum absolute atomic E-state index is 13.6. The summed E-state index contributed by atoms with van der Waals surface area (Å²) in [6, 6.07) is 6.93. The smallest absolute Gasteiger partial charge is 0.416 e. The lowest BCUT2D eigenvalue weighted by atomic mass is 9.95. The molecule has 2 aromatic rings. The Morgan fingerprint density at radius 1 is 1.20 bits per heavy atom. The zero-order valence-electron chi connectivity index (χ0n) is 13.7. The van der Waals surface area contributed by atoms with Gasteiger partial charge < -0.3 is 14.5 Å². The van der Waals surface area contributed by atoms with E-state index in [1.54, 1.807) is 18.2 Å². The Balaban J connectivity index is 0.00000225. The Morgan fingerprint density at radius 2 is 1.92 bits per heavy atom. The number of nitrogens with one attached hydrogen (secondary N) is 1. The number of alkyl halides is 3. The van der Waals surface area contributed by atoms with Crippen LogP contribution in [0.2, 0.25) is 0 Å². The summed E-state index contributed by atoms with van der Waals surface area (Å²) in [5, 5.41) is 3.21. The van der Waals surface area contributed by atoms with E-state index in [2.05, 4.69) is 5.32 Å². The Morgan fingerprint density at radius 3 is 2.48 bits per heavy atom. The quantitative estimate of drug-likeness (QED) is 0.882. The molecule has 1 aliphatic rings. The molecule has 1 aromatic heterocycles. The Kier molecular flexibility index (Phi) is 6.37. The molecular weight excluding hydrogens is 357 g/mol. The molecule has 25 heavy (non-hydrogen) atoms. The van der Waals surface area contributed by atoms with E-state index < -0.39 is 17.8 Å². The summed E-state index contributed by atoms with van der Waals surface area (Å²) < 4.78 is 51.3. The fourth-order valence-electron chi connectivity index (χ4n) is 3.06. The van der Waals surface area contributed by atoms with E-state index in [0.717, 1.165) is 19.2 Å². The SMILES string of the molecule is COc1ccc([C@@H](c2ccco2)N2CCNCC2)c(C(F)(F)F)c1.Cl. The molecule has 8 heteroatoms. The highest BCUT2D eigenvalue weighted by Gasteiger charge is 2.38. The van der Waals surface area contributed by atoms with E-state index in [1.807, 2.05) is 4.90 Å². The zero-order chi connectivity index (χ0) is 17.2. The Hall–Kier alpha value is -1.70. The highest BCUT2D eigenvalue weighted by atomic mass is 35.5. The van der Waals surface area contributed by atoms with Crippen molar-refractivity contribution < 1.29 is 22.3 Å². The molecule has 0 amide bonds. The van der Waals surface area contributed by atoms with Gasteiger partial charge in [-0.15, -0.1) is 12.4 Å². The van der Waals surface area contributed by atoms with Gasteiger partial charge in [0.25, 0.3) is 0 Å². The molecular formula is C17H20ClF3N2O2. The maximum Gasteiger partial charge on any atom is 0.416 e. The first-order valence-corrected chi connectivity index (χ1v) is 7.74. The number of benzene rings is 1. The van der Waals surface area contributed by atoms with E-state index in [0.29, 0.717) is 18.8 Å². The van der Waals surface area contributed by atoms with Crippen molar-refractivity contribution in [2.24, 2.45) is 0 Å². The fourth-order valence-corrected chi connectivity index (χ4v) is 3.06. The summed E-state index contributed by atoms with van der Waals surface area (Å²) in [6.45, 7) is 2.76. The van der Waals surface area contributed by atoms with Crippen LogP contribution >= 0.6 is 12.4 Å². The Labute approximate surface area is 150 Å². The second kappa shape index (κ2) is 8.12. The van der Waals surface area contributed by atoms with Gasteiger partial charge in [-0.25, -0.2) is 0 Å². The predicted molar refractivity (Wildman–Crippen MR) is 90.2 cm³/mol. The minimum absolute atomic E-state index is 0. The average molecular weight is 377 g/mol. The van der Waals surface area contributed by atoms with Gasteiger partial charge >= 0.3 is 6.18 Å². The molecule has 2 heterocycles. The molecule has 0 spiro atoms. The van der Waals surface area contributed by atoms with Crippen molar-refractivity contribution in [2.45, 2.75) is 12.2 Å². The van der Waals surface area contributed by atoms with Crippen molar-refractivity contribution in [3.63, 3.8) is 0 Å². The van der Waals surface area contributed by atoms with Crippen LogP contribution in [0.25, 0.3) is 0 Å². The van der Waals surface area contributed by atoms with Crippen LogP contribution in [0.15, 0.2) is 41.0 Å². The van der Waals surface area contributed by atoms with Crippen molar-refractivity contribution in [2.75, 3.05) is 33.3 Å². The summed E-state index contributed by atoms with van der Waals surface area (Å²) in [4.78, 5) is 2.01. The molecule has 0 aliphatic carbocycles. The number of furan rings is 1. The lowest BCUT2D eigenvalue weighted by molar-refractivity contribution is -0.138. The number of piperazine rings is 1. The molecule has 0 radical (unpaired) electrons. The molecule has 1 N–H and O–H groups in total. The molecule has 1 atom stereocenters. The molecule has 1 fully saturated rings. The summed E-state index contributed by atoms with van der Waals surface area (Å²) in [7, 11) is 1.36. The lowest BCUT2D eigenvalue weighted by Gasteiger charge is -2.35. The van der Waals surface area contributed by atoms with Crippen LogP contribution < -0.4 is 10.1 Å². The van der Waals surface area contributed by atoms with Gasteiger partial charge in [-0.1, -0.05) is 6.07 Å². The van der Waals surface area contributed by atoms with Crippen LogP contribution in [0.4, 0.5) is 13.2 Å². The summed E-state index contributed by atoms with van der Waals surface area (Å²) in [5.74, 6) is 0.692. The number of nitrogens with zero attached hydrogens (tertiary/aromatic N) is 1. The number of hydrogen-bond donors (Lipinski definition) is 1. The topological polar surface area (TPSA) is 37.6 Å². The second-order valence-corrected chi connectivity index (χ2v) is 5.65. The van der Waals surface area contributed by atoms with Gasteiger partial charge in [-0.3, -0.25) is 4.90 Å². The lowest BCUT2D eigenvalue weighted by Crippen LogP contribution is -2.45. The second-order valence-electron chi connectivity index (χ2n) is 5.65. The van der Waals surface area contributed by atoms with Crippen LogP contribution in [-0.4, -0.2) is 38.2 Å². The fraction of sp³-hybridized carbons (Fsp3) is 0.412. The van der Waals surface area contributed by atoms with Crippen LogP contribution in [0.3, 0.4) is 0 Å². The zero-order valence-corrected chi connectivity index (χ0v) is 14.5. The standard InChI is InChI=1S/C17H19F3N2O2.ClH/c1-23-12-4-5-13(14(11-12)17(18,19)20)16(15-3-2-10-24-15)22-8-6-21-7-9-22;/h2-5,10-11,16,21H,6-9H2,1H3;1H/t16-;/m0./s1. The van der Waals surface area contributed by atoms with Gasteiger partial charge in [0.05, 0.1) is 25.0 Å². The van der Waals surface area contributed by atoms with Gasteiger partial charge in [0.2, 0.25) is 0 Å². The van der Waals surface area contributed by atoms with Crippen LogP contribution in [0.5, 0.6) is 5.75 Å². The average Bonchev–Trinajstić information content (AvgIpc) is 3.09. The normalized spacial score (nSPS) is 17.0. The highest BCUT2D eigenvalue weighted by molar-refractivity contribution is 5.85. The first kappa shape index (κ1) is 19.6. The number of ether oxygens (including phenoxy) is 1. The third-order valence-electron chi connectivity index (χ3n) is 4.19.